The maximum absolute atomic E-state index is 5.91. The molecule has 0 spiro atoms. The summed E-state index contributed by atoms with van der Waals surface area (Å²) >= 11 is 0. The molecule has 1 radical (unpaired) electrons. The van der Waals surface area contributed by atoms with Crippen LogP contribution in [-0.2, 0) is 20.1 Å². The van der Waals surface area contributed by atoms with Gasteiger partial charge in [0.1, 0.15) is 5.58 Å². The normalized spacial score (nSPS) is 11.8. The first-order valence-electron chi connectivity index (χ1n) is 14.6. The fraction of sp³-hybridized carbons (Fsp3) is 0.128. The number of rotatable bonds is 5. The smallest absolute Gasteiger partial charge is 0.120 e. The van der Waals surface area contributed by atoms with Gasteiger partial charge in [0, 0.05) is 43.8 Å². The summed E-state index contributed by atoms with van der Waals surface area (Å²) in [5.41, 5.74) is 8.28. The predicted octanol–water partition coefficient (Wildman–Crippen LogP) is 9.69. The minimum atomic E-state index is -1.23. The Morgan fingerprint density at radius 2 is 1.43 bits per heavy atom. The summed E-state index contributed by atoms with van der Waals surface area (Å²) in [6.45, 7) is 9.22. The second kappa shape index (κ2) is 13.6. The molecule has 1 unspecified atom stereocenters. The molecule has 7 rings (SSSR count). The van der Waals surface area contributed by atoms with Gasteiger partial charge in [0.05, 0.1) is 13.7 Å². The molecule has 3 heterocycles. The summed E-state index contributed by atoms with van der Waals surface area (Å²) in [4.78, 5) is 9.11. The van der Waals surface area contributed by atoms with E-state index in [1.807, 2.05) is 67.0 Å². The number of para-hydroxylation sites is 1. The van der Waals surface area contributed by atoms with Crippen LogP contribution in [0.25, 0.3) is 44.5 Å². The number of pyridine rings is 2. The van der Waals surface area contributed by atoms with Crippen LogP contribution >= 0.6 is 0 Å². The van der Waals surface area contributed by atoms with Crippen LogP contribution in [0.15, 0.2) is 132 Å². The largest absolute Gasteiger partial charge is 0.500 e. The molecule has 0 fully saturated rings. The molecule has 0 N–H and O–H groups in total. The van der Waals surface area contributed by atoms with Gasteiger partial charge < -0.3 is 14.4 Å². The average Bonchev–Trinajstić information content (AvgIpc) is 3.43. The van der Waals surface area contributed by atoms with E-state index < -0.39 is 8.07 Å². The van der Waals surface area contributed by atoms with E-state index in [2.05, 4.69) is 109 Å². The van der Waals surface area contributed by atoms with Crippen LogP contribution in [0.3, 0.4) is 0 Å². The third-order valence-electron chi connectivity index (χ3n) is 7.78. The van der Waals surface area contributed by atoms with E-state index in [9.17, 15) is 0 Å². The SMILES string of the molecule is CC(c1ccccc1)c1ccnc(-c2[c-]cc3oc4ccccc4c3c2)c1.C[Si](C)(C)c1ccc(-c2[c-]cccc2)nc1.[Ir]. The zero-order valence-electron chi connectivity index (χ0n) is 25.3. The van der Waals surface area contributed by atoms with Crippen LogP contribution in [0.2, 0.25) is 19.6 Å². The molecule has 0 bridgehead atoms. The summed E-state index contributed by atoms with van der Waals surface area (Å²) in [5.74, 6) is 0.312. The van der Waals surface area contributed by atoms with Crippen molar-refractivity contribution < 1.29 is 24.5 Å². The Balaban J connectivity index is 0.000000194. The molecule has 4 aromatic carbocycles. The molecular formula is C39H34IrN2OSi-2. The van der Waals surface area contributed by atoms with E-state index >= 15 is 0 Å². The van der Waals surface area contributed by atoms with Crippen molar-refractivity contribution in [2.45, 2.75) is 32.5 Å². The van der Waals surface area contributed by atoms with Gasteiger partial charge in [-0.1, -0.05) is 98.7 Å². The summed E-state index contributed by atoms with van der Waals surface area (Å²) < 4.78 is 5.91. The van der Waals surface area contributed by atoms with E-state index in [4.69, 9.17) is 4.42 Å². The van der Waals surface area contributed by atoms with E-state index in [-0.39, 0.29) is 20.1 Å². The van der Waals surface area contributed by atoms with Crippen molar-refractivity contribution in [1.29, 1.82) is 0 Å². The van der Waals surface area contributed by atoms with Gasteiger partial charge in [0.15, 0.2) is 0 Å². The van der Waals surface area contributed by atoms with Crippen molar-refractivity contribution in [2.24, 2.45) is 0 Å². The minimum absolute atomic E-state index is 0. The molecule has 44 heavy (non-hydrogen) atoms. The number of furan rings is 1. The molecule has 0 aliphatic carbocycles. The topological polar surface area (TPSA) is 38.9 Å². The van der Waals surface area contributed by atoms with Crippen LogP contribution < -0.4 is 5.19 Å². The number of aromatic nitrogens is 2. The van der Waals surface area contributed by atoms with Gasteiger partial charge in [-0.15, -0.1) is 59.7 Å². The Morgan fingerprint density at radius 1 is 0.659 bits per heavy atom. The number of nitrogens with zero attached hydrogens (tertiary/aromatic N) is 2. The van der Waals surface area contributed by atoms with Crippen LogP contribution in [0.5, 0.6) is 0 Å². The van der Waals surface area contributed by atoms with Gasteiger partial charge in [-0.25, -0.2) is 0 Å². The van der Waals surface area contributed by atoms with E-state index in [1.54, 1.807) is 0 Å². The van der Waals surface area contributed by atoms with Crippen LogP contribution in [-0.4, -0.2) is 18.0 Å². The maximum atomic E-state index is 5.91. The summed E-state index contributed by atoms with van der Waals surface area (Å²) in [7, 11) is -1.23. The summed E-state index contributed by atoms with van der Waals surface area (Å²) in [5, 5.41) is 3.62. The standard InChI is InChI=1S/C25H18NO.C14H16NSi.Ir/c1-17(18-7-3-2-4-8-18)19-13-14-26-23(16-19)20-11-12-25-22(15-20)21-9-5-6-10-24(21)27-25;1-16(2,3)13-9-10-14(15-11-13)12-7-5-4-6-8-12;/h2-10,12-17H,1H3;4-7,9-11H,1-3H3;/q2*-1;. The molecule has 1 atom stereocenters. The molecule has 3 aromatic heterocycles. The van der Waals surface area contributed by atoms with Crippen molar-refractivity contribution in [3.05, 3.63) is 151 Å². The third-order valence-corrected chi connectivity index (χ3v) is 9.81. The monoisotopic (exact) mass is 767 g/mol. The molecule has 5 heteroatoms. The molecule has 0 amide bonds. The fourth-order valence-electron chi connectivity index (χ4n) is 5.16. The van der Waals surface area contributed by atoms with Crippen LogP contribution in [0, 0.1) is 12.1 Å². The maximum Gasteiger partial charge on any atom is 0.120 e. The first-order chi connectivity index (χ1) is 20.9. The van der Waals surface area contributed by atoms with E-state index in [0.29, 0.717) is 5.92 Å². The van der Waals surface area contributed by atoms with Gasteiger partial charge >= 0.3 is 0 Å². The van der Waals surface area contributed by atoms with Gasteiger partial charge in [0.2, 0.25) is 0 Å². The minimum Gasteiger partial charge on any atom is -0.500 e. The van der Waals surface area contributed by atoms with Crippen molar-refractivity contribution in [3.63, 3.8) is 0 Å². The Hall–Kier alpha value is -4.15. The third kappa shape index (κ3) is 6.97. The molecular weight excluding hydrogens is 733 g/mol. The Bertz CT molecular complexity index is 1960. The molecule has 0 aliphatic heterocycles. The van der Waals surface area contributed by atoms with Gasteiger partial charge in [-0.05, 0) is 39.8 Å². The molecule has 3 nitrogen and oxygen atoms in total. The zero-order valence-corrected chi connectivity index (χ0v) is 28.7. The van der Waals surface area contributed by atoms with Crippen molar-refractivity contribution in [2.75, 3.05) is 0 Å². The van der Waals surface area contributed by atoms with E-state index in [1.165, 1.54) is 16.3 Å². The zero-order chi connectivity index (χ0) is 29.8. The van der Waals surface area contributed by atoms with E-state index in [0.717, 1.165) is 44.5 Å². The number of fused-ring (bicyclic) bond motifs is 3. The second-order valence-electron chi connectivity index (χ2n) is 11.8. The molecule has 0 saturated heterocycles. The van der Waals surface area contributed by atoms with Crippen LogP contribution in [0.1, 0.15) is 24.0 Å². The Kier molecular flexibility index (Phi) is 9.70. The second-order valence-corrected chi connectivity index (χ2v) is 16.9. The van der Waals surface area contributed by atoms with Gasteiger partial charge in [-0.3, -0.25) is 0 Å². The van der Waals surface area contributed by atoms with Crippen LogP contribution in [0.4, 0.5) is 0 Å². The van der Waals surface area contributed by atoms with Gasteiger partial charge in [-0.2, -0.15) is 0 Å². The Morgan fingerprint density at radius 3 is 2.16 bits per heavy atom. The number of benzene rings is 4. The summed E-state index contributed by atoms with van der Waals surface area (Å²) in [6, 6.07) is 45.7. The fourth-order valence-corrected chi connectivity index (χ4v) is 6.20. The Labute approximate surface area is 274 Å². The molecule has 7 aromatic rings. The quantitative estimate of drug-likeness (QED) is 0.129. The molecule has 0 saturated carbocycles. The van der Waals surface area contributed by atoms with Crippen molar-refractivity contribution in [3.8, 4) is 22.5 Å². The molecule has 0 aliphatic rings. The number of hydrogen-bond acceptors (Lipinski definition) is 3. The first kappa shape index (κ1) is 31.3. The average molecular weight is 767 g/mol. The van der Waals surface area contributed by atoms with Gasteiger partial charge in [0.25, 0.3) is 0 Å². The first-order valence-corrected chi connectivity index (χ1v) is 18.1. The van der Waals surface area contributed by atoms with Crippen molar-refractivity contribution >= 4 is 35.2 Å². The number of hydrogen-bond donors (Lipinski definition) is 0. The predicted molar refractivity (Wildman–Crippen MR) is 181 cm³/mol. The van der Waals surface area contributed by atoms with Crippen molar-refractivity contribution in [1.82, 2.24) is 9.97 Å². The summed E-state index contributed by atoms with van der Waals surface area (Å²) in [6.07, 6.45) is 3.90. The molecule has 221 valence electrons.